The molecular formula is C15H26N2O2. The van der Waals surface area contributed by atoms with Crippen molar-refractivity contribution in [2.75, 3.05) is 13.2 Å². The van der Waals surface area contributed by atoms with Gasteiger partial charge in [-0.1, -0.05) is 0 Å². The van der Waals surface area contributed by atoms with Crippen LogP contribution in [0.2, 0.25) is 0 Å². The molecule has 1 aliphatic heterocycles. The van der Waals surface area contributed by atoms with Gasteiger partial charge in [0.25, 0.3) is 0 Å². The minimum absolute atomic E-state index is 0.0419. The van der Waals surface area contributed by atoms with Crippen molar-refractivity contribution in [1.82, 2.24) is 4.90 Å². The van der Waals surface area contributed by atoms with E-state index in [0.717, 1.165) is 30.9 Å². The van der Waals surface area contributed by atoms with E-state index in [1.807, 2.05) is 26.0 Å². The molecule has 0 radical (unpaired) electrons. The Labute approximate surface area is 115 Å². The summed E-state index contributed by atoms with van der Waals surface area (Å²) in [6.07, 6.45) is 4.31. The van der Waals surface area contributed by atoms with E-state index in [-0.39, 0.29) is 18.7 Å². The van der Waals surface area contributed by atoms with E-state index in [0.29, 0.717) is 6.04 Å². The van der Waals surface area contributed by atoms with E-state index in [2.05, 4.69) is 4.90 Å². The maximum Gasteiger partial charge on any atom is 0.122 e. The Morgan fingerprint density at radius 3 is 2.89 bits per heavy atom. The van der Waals surface area contributed by atoms with Gasteiger partial charge in [-0.25, -0.2) is 0 Å². The minimum atomic E-state index is 0.0419. The van der Waals surface area contributed by atoms with Crippen molar-refractivity contribution >= 4 is 0 Å². The molecule has 3 unspecified atom stereocenters. The Bertz CT molecular complexity index is 389. The second kappa shape index (κ2) is 6.55. The number of hydrogen-bond donors (Lipinski definition) is 2. The largest absolute Gasteiger partial charge is 0.465 e. The molecule has 1 fully saturated rings. The number of aliphatic hydroxyl groups excluding tert-OH is 1. The average molecular weight is 266 g/mol. The summed E-state index contributed by atoms with van der Waals surface area (Å²) in [5, 5.41) is 9.02. The minimum Gasteiger partial charge on any atom is -0.465 e. The van der Waals surface area contributed by atoms with E-state index in [1.54, 1.807) is 0 Å². The van der Waals surface area contributed by atoms with E-state index in [1.165, 1.54) is 12.8 Å². The molecule has 2 heterocycles. The third kappa shape index (κ3) is 3.38. The molecule has 108 valence electrons. The zero-order chi connectivity index (χ0) is 13.8. The molecule has 19 heavy (non-hydrogen) atoms. The van der Waals surface area contributed by atoms with Crippen LogP contribution < -0.4 is 5.73 Å². The molecule has 0 aromatic carbocycles. The van der Waals surface area contributed by atoms with Crippen molar-refractivity contribution in [1.29, 1.82) is 0 Å². The van der Waals surface area contributed by atoms with Crippen LogP contribution >= 0.6 is 0 Å². The summed E-state index contributed by atoms with van der Waals surface area (Å²) in [5.41, 5.74) is 6.20. The average Bonchev–Trinajstić information content (AvgIpc) is 2.97. The highest BCUT2D eigenvalue weighted by Gasteiger charge is 2.34. The van der Waals surface area contributed by atoms with Crippen LogP contribution in [0, 0.1) is 6.92 Å². The Balaban J connectivity index is 2.14. The Morgan fingerprint density at radius 1 is 1.53 bits per heavy atom. The van der Waals surface area contributed by atoms with E-state index < -0.39 is 0 Å². The van der Waals surface area contributed by atoms with Gasteiger partial charge in [0.1, 0.15) is 11.5 Å². The lowest BCUT2D eigenvalue weighted by Gasteiger charge is -2.34. The third-order valence-corrected chi connectivity index (χ3v) is 4.03. The SMILES string of the molecule is Cc1ccc(C(C(C)N)N2CCCC2CCCO)o1. The molecule has 0 saturated carbocycles. The molecule has 0 amide bonds. The van der Waals surface area contributed by atoms with Crippen LogP contribution in [0.25, 0.3) is 0 Å². The van der Waals surface area contributed by atoms with Gasteiger partial charge in [-0.2, -0.15) is 0 Å². The molecule has 1 aromatic rings. The third-order valence-electron chi connectivity index (χ3n) is 4.03. The summed E-state index contributed by atoms with van der Waals surface area (Å²) in [6.45, 7) is 5.36. The molecule has 0 spiro atoms. The van der Waals surface area contributed by atoms with Crippen LogP contribution in [0.1, 0.15) is 50.2 Å². The Hall–Kier alpha value is -0.840. The molecule has 2 rings (SSSR count). The van der Waals surface area contributed by atoms with Gasteiger partial charge in [0.15, 0.2) is 0 Å². The quantitative estimate of drug-likeness (QED) is 0.828. The monoisotopic (exact) mass is 266 g/mol. The number of nitrogens with two attached hydrogens (primary N) is 1. The van der Waals surface area contributed by atoms with E-state index in [4.69, 9.17) is 15.3 Å². The zero-order valence-corrected chi connectivity index (χ0v) is 12.0. The van der Waals surface area contributed by atoms with Crippen LogP contribution in [0.15, 0.2) is 16.5 Å². The summed E-state index contributed by atoms with van der Waals surface area (Å²) < 4.78 is 5.80. The summed E-state index contributed by atoms with van der Waals surface area (Å²) in [5.74, 6) is 1.91. The van der Waals surface area contributed by atoms with Crippen molar-refractivity contribution in [2.24, 2.45) is 5.73 Å². The van der Waals surface area contributed by atoms with Gasteiger partial charge < -0.3 is 15.3 Å². The van der Waals surface area contributed by atoms with E-state index in [9.17, 15) is 0 Å². The fraction of sp³-hybridized carbons (Fsp3) is 0.733. The van der Waals surface area contributed by atoms with Crippen LogP contribution in [0.4, 0.5) is 0 Å². The number of furan rings is 1. The standard InChI is InChI=1S/C15H26N2O2/c1-11-7-8-14(19-11)15(12(2)16)17-9-3-5-13(17)6-4-10-18/h7-8,12-13,15,18H,3-6,9-10,16H2,1-2H3. The summed E-state index contributed by atoms with van der Waals surface area (Å²) in [7, 11) is 0. The Kier molecular flexibility index (Phi) is 5.02. The highest BCUT2D eigenvalue weighted by atomic mass is 16.3. The lowest BCUT2D eigenvalue weighted by atomic mass is 10.0. The van der Waals surface area contributed by atoms with Crippen LogP contribution in [0.3, 0.4) is 0 Å². The lowest BCUT2D eigenvalue weighted by Crippen LogP contribution is -2.42. The predicted molar refractivity (Wildman–Crippen MR) is 75.9 cm³/mol. The molecule has 3 atom stereocenters. The molecule has 1 aromatic heterocycles. The number of aryl methyl sites for hydroxylation is 1. The zero-order valence-electron chi connectivity index (χ0n) is 12.0. The molecule has 3 N–H and O–H groups in total. The van der Waals surface area contributed by atoms with Gasteiger partial charge in [0.05, 0.1) is 6.04 Å². The number of aliphatic hydroxyl groups is 1. The van der Waals surface area contributed by atoms with Gasteiger partial charge in [0.2, 0.25) is 0 Å². The van der Waals surface area contributed by atoms with Crippen LogP contribution in [-0.2, 0) is 0 Å². The topological polar surface area (TPSA) is 62.6 Å². The molecule has 1 aliphatic rings. The first-order valence-electron chi connectivity index (χ1n) is 7.32. The summed E-state index contributed by atoms with van der Waals surface area (Å²) in [6, 6.07) is 4.77. The van der Waals surface area contributed by atoms with Gasteiger partial charge >= 0.3 is 0 Å². The second-order valence-electron chi connectivity index (χ2n) is 5.65. The molecule has 4 nitrogen and oxygen atoms in total. The first-order valence-corrected chi connectivity index (χ1v) is 7.32. The van der Waals surface area contributed by atoms with Gasteiger partial charge in [-0.15, -0.1) is 0 Å². The van der Waals surface area contributed by atoms with Gasteiger partial charge in [-0.3, -0.25) is 4.90 Å². The second-order valence-corrected chi connectivity index (χ2v) is 5.65. The summed E-state index contributed by atoms with van der Waals surface area (Å²) >= 11 is 0. The fourth-order valence-electron chi connectivity index (χ4n) is 3.20. The smallest absolute Gasteiger partial charge is 0.122 e. The summed E-state index contributed by atoms with van der Waals surface area (Å²) in [4.78, 5) is 2.47. The highest BCUT2D eigenvalue weighted by Crippen LogP contribution is 2.33. The number of likely N-dealkylation sites (tertiary alicyclic amines) is 1. The predicted octanol–water partition coefficient (Wildman–Crippen LogP) is 2.21. The van der Waals surface area contributed by atoms with Gasteiger partial charge in [-0.05, 0) is 58.2 Å². The molecular weight excluding hydrogens is 240 g/mol. The normalized spacial score (nSPS) is 23.7. The van der Waals surface area contributed by atoms with Crippen LogP contribution in [-0.4, -0.2) is 35.2 Å². The first kappa shape index (κ1) is 14.6. The van der Waals surface area contributed by atoms with Gasteiger partial charge in [0, 0.05) is 18.7 Å². The molecule has 1 saturated heterocycles. The van der Waals surface area contributed by atoms with Crippen molar-refractivity contribution in [3.8, 4) is 0 Å². The molecule has 0 bridgehead atoms. The number of hydrogen-bond acceptors (Lipinski definition) is 4. The first-order chi connectivity index (χ1) is 9.13. The van der Waals surface area contributed by atoms with Crippen molar-refractivity contribution in [2.45, 2.75) is 57.7 Å². The number of nitrogens with zero attached hydrogens (tertiary/aromatic N) is 1. The molecule has 0 aliphatic carbocycles. The highest BCUT2D eigenvalue weighted by molar-refractivity contribution is 5.12. The van der Waals surface area contributed by atoms with E-state index >= 15 is 0 Å². The maximum absolute atomic E-state index is 9.02. The Morgan fingerprint density at radius 2 is 2.32 bits per heavy atom. The molecule has 4 heteroatoms. The van der Waals surface area contributed by atoms with Crippen molar-refractivity contribution in [3.05, 3.63) is 23.7 Å². The van der Waals surface area contributed by atoms with Crippen molar-refractivity contribution < 1.29 is 9.52 Å². The fourth-order valence-corrected chi connectivity index (χ4v) is 3.20. The van der Waals surface area contributed by atoms with Crippen LogP contribution in [0.5, 0.6) is 0 Å². The maximum atomic E-state index is 9.02. The number of rotatable bonds is 6. The lowest BCUT2D eigenvalue weighted by molar-refractivity contribution is 0.128. The van der Waals surface area contributed by atoms with Crippen molar-refractivity contribution in [3.63, 3.8) is 0 Å².